The molecule has 1 heterocycles. The van der Waals surface area contributed by atoms with Gasteiger partial charge in [-0.2, -0.15) is 0 Å². The van der Waals surface area contributed by atoms with Crippen LogP contribution in [0.4, 0.5) is 5.69 Å². The van der Waals surface area contributed by atoms with Gasteiger partial charge in [0, 0.05) is 23.7 Å². The van der Waals surface area contributed by atoms with Crippen LogP contribution < -0.4 is 10.6 Å². The summed E-state index contributed by atoms with van der Waals surface area (Å²) in [4.78, 5) is 2.51. The molecule has 0 aliphatic carbocycles. The van der Waals surface area contributed by atoms with Gasteiger partial charge in [-0.05, 0) is 37.8 Å². The Balaban J connectivity index is 1.85. The lowest BCUT2D eigenvalue weighted by atomic mass is 9.86. The predicted molar refractivity (Wildman–Crippen MR) is 88.0 cm³/mol. The molecule has 0 radical (unpaired) electrons. The van der Waals surface area contributed by atoms with E-state index in [0.717, 1.165) is 32.2 Å². The summed E-state index contributed by atoms with van der Waals surface area (Å²) in [5, 5.41) is 11.9. The first-order valence-electron chi connectivity index (χ1n) is 7.78. The van der Waals surface area contributed by atoms with Crippen molar-refractivity contribution in [3.05, 3.63) is 29.8 Å². The lowest BCUT2D eigenvalue weighted by molar-refractivity contribution is 0.304. The summed E-state index contributed by atoms with van der Waals surface area (Å²) in [5.41, 5.74) is 8.35. The highest BCUT2D eigenvalue weighted by Crippen LogP contribution is 2.32. The van der Waals surface area contributed by atoms with E-state index in [1.807, 2.05) is 13.8 Å². The van der Waals surface area contributed by atoms with Crippen molar-refractivity contribution in [2.24, 2.45) is 16.3 Å². The van der Waals surface area contributed by atoms with E-state index in [4.69, 9.17) is 10.9 Å². The van der Waals surface area contributed by atoms with Crippen molar-refractivity contribution in [1.82, 2.24) is 0 Å². The average molecular weight is 289 g/mol. The number of amidine groups is 1. The Morgan fingerprint density at radius 2 is 2.10 bits per heavy atom. The fourth-order valence-corrected chi connectivity index (χ4v) is 3.08. The Kier molecular flexibility index (Phi) is 4.76. The van der Waals surface area contributed by atoms with E-state index < -0.39 is 0 Å². The maximum absolute atomic E-state index is 8.80. The molecule has 1 aromatic rings. The number of hydrogen-bond acceptors (Lipinski definition) is 3. The van der Waals surface area contributed by atoms with Gasteiger partial charge >= 0.3 is 0 Å². The van der Waals surface area contributed by atoms with Crippen LogP contribution in [0.25, 0.3) is 0 Å². The number of fused-ring (bicyclic) bond motifs is 1. The van der Waals surface area contributed by atoms with E-state index in [1.54, 1.807) is 0 Å². The summed E-state index contributed by atoms with van der Waals surface area (Å²) in [6, 6.07) is 9.27. The zero-order valence-corrected chi connectivity index (χ0v) is 13.3. The summed E-state index contributed by atoms with van der Waals surface area (Å²) in [6.07, 6.45) is 4.29. The molecule has 0 spiro atoms. The first-order chi connectivity index (χ1) is 9.95. The van der Waals surface area contributed by atoms with E-state index >= 15 is 0 Å². The molecule has 0 bridgehead atoms. The fourth-order valence-electron chi connectivity index (χ4n) is 3.08. The number of nitrogens with two attached hydrogens (primary N) is 1. The van der Waals surface area contributed by atoms with Crippen molar-refractivity contribution < 1.29 is 5.21 Å². The third kappa shape index (κ3) is 3.49. The fraction of sp³-hybridized carbons (Fsp3) is 0.588. The van der Waals surface area contributed by atoms with Gasteiger partial charge in [0.1, 0.15) is 5.84 Å². The molecule has 1 aliphatic heterocycles. The number of para-hydroxylation sites is 1. The number of nitrogens with zero attached hydrogens (tertiary/aromatic N) is 2. The Labute approximate surface area is 127 Å². The van der Waals surface area contributed by atoms with Crippen LogP contribution in [0.2, 0.25) is 0 Å². The van der Waals surface area contributed by atoms with Crippen LogP contribution in [0.3, 0.4) is 0 Å². The summed E-state index contributed by atoms with van der Waals surface area (Å²) >= 11 is 0. The van der Waals surface area contributed by atoms with Crippen LogP contribution in [0, 0.1) is 5.41 Å². The van der Waals surface area contributed by atoms with Crippen molar-refractivity contribution >= 4 is 11.5 Å². The molecule has 1 aliphatic rings. The number of anilines is 1. The third-order valence-electron chi connectivity index (χ3n) is 4.60. The van der Waals surface area contributed by atoms with Crippen LogP contribution >= 0.6 is 0 Å². The molecule has 3 N–H and O–H groups in total. The standard InChI is InChI=1S/C17H27N3O/c1-13-12-14-8-4-5-9-15(14)20(13)11-7-6-10-17(2,3)16(18)19-21/h4-5,8-9,13,21H,6-7,10-12H2,1-3H3,(H2,18,19). The molecule has 0 amide bonds. The van der Waals surface area contributed by atoms with E-state index in [2.05, 4.69) is 41.2 Å². The first kappa shape index (κ1) is 15.7. The molecule has 4 nitrogen and oxygen atoms in total. The van der Waals surface area contributed by atoms with Crippen molar-refractivity contribution in [1.29, 1.82) is 0 Å². The smallest absolute Gasteiger partial charge is 0.144 e. The molecule has 1 unspecified atom stereocenters. The zero-order chi connectivity index (χ0) is 15.5. The third-order valence-corrected chi connectivity index (χ3v) is 4.60. The molecule has 2 rings (SSSR count). The topological polar surface area (TPSA) is 61.8 Å². The molecule has 0 fully saturated rings. The van der Waals surface area contributed by atoms with Gasteiger partial charge in [-0.1, -0.05) is 43.6 Å². The molecule has 21 heavy (non-hydrogen) atoms. The number of hydrogen-bond donors (Lipinski definition) is 2. The largest absolute Gasteiger partial charge is 0.409 e. The predicted octanol–water partition coefficient (Wildman–Crippen LogP) is 3.38. The van der Waals surface area contributed by atoms with Crippen LogP contribution in [-0.2, 0) is 6.42 Å². The SMILES string of the molecule is CC1Cc2ccccc2N1CCCCC(C)(C)/C(N)=N/O. The molecule has 0 aromatic heterocycles. The monoisotopic (exact) mass is 289 g/mol. The second-order valence-corrected chi connectivity index (χ2v) is 6.70. The lowest BCUT2D eigenvalue weighted by Crippen LogP contribution is -2.33. The van der Waals surface area contributed by atoms with Crippen LogP contribution in [0.1, 0.15) is 45.6 Å². The number of oxime groups is 1. The highest BCUT2D eigenvalue weighted by molar-refractivity contribution is 5.85. The highest BCUT2D eigenvalue weighted by atomic mass is 16.4. The molecule has 1 aromatic carbocycles. The summed E-state index contributed by atoms with van der Waals surface area (Å²) in [6.45, 7) is 7.41. The van der Waals surface area contributed by atoms with Crippen molar-refractivity contribution in [3.63, 3.8) is 0 Å². The van der Waals surface area contributed by atoms with Crippen molar-refractivity contribution in [2.45, 2.75) is 52.5 Å². The Morgan fingerprint density at radius 1 is 1.38 bits per heavy atom. The van der Waals surface area contributed by atoms with E-state index in [9.17, 15) is 0 Å². The maximum Gasteiger partial charge on any atom is 0.144 e. The Hall–Kier alpha value is -1.71. The van der Waals surface area contributed by atoms with Crippen molar-refractivity contribution in [3.8, 4) is 0 Å². The molecule has 0 saturated carbocycles. The van der Waals surface area contributed by atoms with Gasteiger partial charge in [0.05, 0.1) is 0 Å². The molecular weight excluding hydrogens is 262 g/mol. The first-order valence-corrected chi connectivity index (χ1v) is 7.78. The van der Waals surface area contributed by atoms with E-state index in [-0.39, 0.29) is 5.41 Å². The van der Waals surface area contributed by atoms with E-state index in [1.165, 1.54) is 11.3 Å². The lowest BCUT2D eigenvalue weighted by Gasteiger charge is -2.26. The van der Waals surface area contributed by atoms with Crippen LogP contribution in [-0.4, -0.2) is 23.6 Å². The minimum atomic E-state index is -0.233. The Bertz CT molecular complexity index is 511. The zero-order valence-electron chi connectivity index (χ0n) is 13.3. The van der Waals surface area contributed by atoms with Gasteiger partial charge in [0.15, 0.2) is 0 Å². The van der Waals surface area contributed by atoms with E-state index in [0.29, 0.717) is 11.9 Å². The summed E-state index contributed by atoms with van der Waals surface area (Å²) in [7, 11) is 0. The molecular formula is C17H27N3O. The number of unbranched alkanes of at least 4 members (excludes halogenated alkanes) is 1. The second kappa shape index (κ2) is 6.37. The molecule has 1 atom stereocenters. The van der Waals surface area contributed by atoms with Gasteiger partial charge in [-0.25, -0.2) is 0 Å². The average Bonchev–Trinajstić information content (AvgIpc) is 2.78. The van der Waals surface area contributed by atoms with Crippen LogP contribution in [0.15, 0.2) is 29.4 Å². The minimum absolute atomic E-state index is 0.233. The van der Waals surface area contributed by atoms with Gasteiger partial charge in [-0.15, -0.1) is 0 Å². The van der Waals surface area contributed by atoms with Gasteiger partial charge in [-0.3, -0.25) is 0 Å². The van der Waals surface area contributed by atoms with Crippen LogP contribution in [0.5, 0.6) is 0 Å². The number of benzene rings is 1. The molecule has 0 saturated heterocycles. The minimum Gasteiger partial charge on any atom is -0.409 e. The molecule has 4 heteroatoms. The normalized spacial score (nSPS) is 18.9. The van der Waals surface area contributed by atoms with Gasteiger partial charge in [0.2, 0.25) is 0 Å². The van der Waals surface area contributed by atoms with Gasteiger partial charge in [0.25, 0.3) is 0 Å². The summed E-state index contributed by atoms with van der Waals surface area (Å²) < 4.78 is 0. The summed E-state index contributed by atoms with van der Waals surface area (Å²) in [5.74, 6) is 0.322. The molecule has 116 valence electrons. The highest BCUT2D eigenvalue weighted by Gasteiger charge is 2.26. The quantitative estimate of drug-likeness (QED) is 0.277. The maximum atomic E-state index is 8.80. The van der Waals surface area contributed by atoms with Gasteiger partial charge < -0.3 is 15.8 Å². The Morgan fingerprint density at radius 3 is 2.81 bits per heavy atom. The second-order valence-electron chi connectivity index (χ2n) is 6.70. The van der Waals surface area contributed by atoms with Crippen molar-refractivity contribution in [2.75, 3.05) is 11.4 Å². The number of rotatable bonds is 6.